The summed E-state index contributed by atoms with van der Waals surface area (Å²) in [5.74, 6) is 1.54. The van der Waals surface area contributed by atoms with Gasteiger partial charge in [0.25, 0.3) is 5.89 Å². The van der Waals surface area contributed by atoms with Crippen LogP contribution in [0.15, 0.2) is 28.9 Å². The molecular weight excluding hydrogens is 272 g/mol. The minimum atomic E-state index is 0.329. The molecule has 0 amide bonds. The average molecular weight is 286 g/mol. The van der Waals surface area contributed by atoms with E-state index in [1.807, 2.05) is 19.9 Å². The highest BCUT2D eigenvalue weighted by Crippen LogP contribution is 2.22. The quantitative estimate of drug-likeness (QED) is 0.701. The van der Waals surface area contributed by atoms with Gasteiger partial charge in [0.05, 0.1) is 24.7 Å². The zero-order chi connectivity index (χ0) is 14.7. The molecule has 0 spiro atoms. The van der Waals surface area contributed by atoms with Crippen molar-refractivity contribution in [1.29, 1.82) is 0 Å². The number of rotatable bonds is 5. The first-order valence-electron chi connectivity index (χ1n) is 6.53. The van der Waals surface area contributed by atoms with Crippen LogP contribution in [-0.4, -0.2) is 36.8 Å². The molecule has 0 aliphatic rings. The Morgan fingerprint density at radius 2 is 2.00 bits per heavy atom. The van der Waals surface area contributed by atoms with Crippen molar-refractivity contribution in [3.63, 3.8) is 0 Å². The van der Waals surface area contributed by atoms with Crippen LogP contribution >= 0.6 is 0 Å². The zero-order valence-corrected chi connectivity index (χ0v) is 11.7. The summed E-state index contributed by atoms with van der Waals surface area (Å²) in [7, 11) is 0. The van der Waals surface area contributed by atoms with E-state index in [4.69, 9.17) is 9.15 Å². The molecule has 3 aromatic rings. The third kappa shape index (κ3) is 2.88. The summed E-state index contributed by atoms with van der Waals surface area (Å²) in [5, 5.41) is 15.9. The maximum absolute atomic E-state index is 5.57. The number of hydrogen-bond acceptors (Lipinski definition) is 7. The predicted molar refractivity (Wildman–Crippen MR) is 72.6 cm³/mol. The highest BCUT2D eigenvalue weighted by Gasteiger charge is 2.12. The van der Waals surface area contributed by atoms with Gasteiger partial charge in [0.2, 0.25) is 5.89 Å². The molecule has 0 saturated heterocycles. The van der Waals surface area contributed by atoms with Gasteiger partial charge in [-0.15, -0.1) is 10.2 Å². The lowest BCUT2D eigenvalue weighted by atomic mass is 10.3. The molecule has 0 aliphatic heterocycles. The van der Waals surface area contributed by atoms with E-state index in [-0.39, 0.29) is 0 Å². The molecule has 0 unspecified atom stereocenters. The molecule has 0 fully saturated rings. The smallest absolute Gasteiger partial charge is 0.266 e. The van der Waals surface area contributed by atoms with Crippen LogP contribution in [0.2, 0.25) is 0 Å². The van der Waals surface area contributed by atoms with Crippen LogP contribution < -0.4 is 4.74 Å². The molecule has 3 rings (SSSR count). The molecule has 0 radical (unpaired) electrons. The molecular formula is C13H14N6O2. The van der Waals surface area contributed by atoms with Crippen LogP contribution in [0.25, 0.3) is 11.6 Å². The van der Waals surface area contributed by atoms with Crippen molar-refractivity contribution in [2.24, 2.45) is 0 Å². The van der Waals surface area contributed by atoms with Crippen LogP contribution in [0, 0.1) is 6.92 Å². The number of pyridine rings is 1. The summed E-state index contributed by atoms with van der Waals surface area (Å²) in [5.41, 5.74) is 1.39. The number of aromatic nitrogens is 6. The SMILES string of the molecule is CCOc1ccc(-c2nnc(Cn3nccn3)o2)nc1C. The first-order valence-corrected chi connectivity index (χ1v) is 6.53. The van der Waals surface area contributed by atoms with E-state index in [1.54, 1.807) is 18.5 Å². The van der Waals surface area contributed by atoms with Crippen molar-refractivity contribution in [2.45, 2.75) is 20.4 Å². The molecule has 0 N–H and O–H groups in total. The maximum atomic E-state index is 5.57. The van der Waals surface area contributed by atoms with Crippen LogP contribution in [-0.2, 0) is 6.54 Å². The monoisotopic (exact) mass is 286 g/mol. The largest absolute Gasteiger partial charge is 0.492 e. The van der Waals surface area contributed by atoms with Crippen molar-refractivity contribution in [3.05, 3.63) is 36.1 Å². The van der Waals surface area contributed by atoms with Gasteiger partial charge in [0, 0.05) is 0 Å². The summed E-state index contributed by atoms with van der Waals surface area (Å²) in [6.45, 7) is 4.74. The lowest BCUT2D eigenvalue weighted by Gasteiger charge is -2.06. The Balaban J connectivity index is 1.81. The van der Waals surface area contributed by atoms with Crippen molar-refractivity contribution in [2.75, 3.05) is 6.61 Å². The Morgan fingerprint density at radius 3 is 2.71 bits per heavy atom. The fourth-order valence-electron chi connectivity index (χ4n) is 1.84. The molecule has 0 atom stereocenters. The summed E-state index contributed by atoms with van der Waals surface area (Å²) >= 11 is 0. The molecule has 0 aliphatic carbocycles. The van der Waals surface area contributed by atoms with Crippen molar-refractivity contribution < 1.29 is 9.15 Å². The van der Waals surface area contributed by atoms with Gasteiger partial charge in [-0.05, 0) is 26.0 Å². The van der Waals surface area contributed by atoms with E-state index in [9.17, 15) is 0 Å². The Labute approximate surface area is 120 Å². The Kier molecular flexibility index (Phi) is 3.59. The molecule has 3 heterocycles. The summed E-state index contributed by atoms with van der Waals surface area (Å²) in [6, 6.07) is 3.64. The van der Waals surface area contributed by atoms with Gasteiger partial charge in [0.15, 0.2) is 0 Å². The molecule has 0 bridgehead atoms. The second-order valence-corrected chi connectivity index (χ2v) is 4.27. The standard InChI is InChI=1S/C13H14N6O2/c1-3-20-11-5-4-10(16-9(11)2)13-18-17-12(21-13)8-19-14-6-7-15-19/h4-7H,3,8H2,1-2H3. The first kappa shape index (κ1) is 13.2. The van der Waals surface area contributed by atoms with Crippen LogP contribution in [0.5, 0.6) is 5.75 Å². The van der Waals surface area contributed by atoms with Crippen LogP contribution in [0.3, 0.4) is 0 Å². The lowest BCUT2D eigenvalue weighted by molar-refractivity contribution is 0.336. The second-order valence-electron chi connectivity index (χ2n) is 4.27. The summed E-state index contributed by atoms with van der Waals surface area (Å²) in [6.07, 6.45) is 3.18. The van der Waals surface area contributed by atoms with Gasteiger partial charge in [0.1, 0.15) is 18.0 Å². The molecule has 0 saturated carbocycles. The average Bonchev–Trinajstić information content (AvgIpc) is 3.13. The third-order valence-corrected chi connectivity index (χ3v) is 2.77. The van der Waals surface area contributed by atoms with Crippen molar-refractivity contribution in [1.82, 2.24) is 30.2 Å². The molecule has 8 heteroatoms. The van der Waals surface area contributed by atoms with Gasteiger partial charge in [-0.3, -0.25) is 0 Å². The van der Waals surface area contributed by atoms with Crippen molar-refractivity contribution in [3.8, 4) is 17.3 Å². The topological polar surface area (TPSA) is 91.8 Å². The van der Waals surface area contributed by atoms with E-state index in [2.05, 4.69) is 25.4 Å². The fraction of sp³-hybridized carbons (Fsp3) is 0.308. The Bertz CT molecular complexity index is 722. The van der Waals surface area contributed by atoms with E-state index in [1.165, 1.54) is 4.80 Å². The molecule has 0 aromatic carbocycles. The fourth-order valence-corrected chi connectivity index (χ4v) is 1.84. The van der Waals surface area contributed by atoms with E-state index < -0.39 is 0 Å². The van der Waals surface area contributed by atoms with Gasteiger partial charge >= 0.3 is 0 Å². The summed E-state index contributed by atoms with van der Waals surface area (Å²) in [4.78, 5) is 5.88. The predicted octanol–water partition coefficient (Wildman–Crippen LogP) is 1.48. The van der Waals surface area contributed by atoms with E-state index in [0.29, 0.717) is 30.6 Å². The number of nitrogens with zero attached hydrogens (tertiary/aromatic N) is 6. The number of hydrogen-bond donors (Lipinski definition) is 0. The highest BCUT2D eigenvalue weighted by molar-refractivity contribution is 5.49. The van der Waals surface area contributed by atoms with Gasteiger partial charge in [-0.1, -0.05) is 0 Å². The molecule has 8 nitrogen and oxygen atoms in total. The second kappa shape index (κ2) is 5.70. The van der Waals surface area contributed by atoms with Crippen LogP contribution in [0.4, 0.5) is 0 Å². The number of aryl methyl sites for hydroxylation is 1. The number of ether oxygens (including phenoxy) is 1. The van der Waals surface area contributed by atoms with Gasteiger partial charge < -0.3 is 9.15 Å². The summed E-state index contributed by atoms with van der Waals surface area (Å²) < 4.78 is 11.0. The highest BCUT2D eigenvalue weighted by atomic mass is 16.5. The Morgan fingerprint density at radius 1 is 1.19 bits per heavy atom. The minimum Gasteiger partial charge on any atom is -0.492 e. The molecule has 3 aromatic heterocycles. The Hall–Kier alpha value is -2.77. The zero-order valence-electron chi connectivity index (χ0n) is 11.7. The first-order chi connectivity index (χ1) is 10.3. The third-order valence-electron chi connectivity index (χ3n) is 2.77. The van der Waals surface area contributed by atoms with Crippen molar-refractivity contribution >= 4 is 0 Å². The van der Waals surface area contributed by atoms with Crippen LogP contribution in [0.1, 0.15) is 18.5 Å². The maximum Gasteiger partial charge on any atom is 0.266 e. The molecule has 108 valence electrons. The minimum absolute atomic E-state index is 0.329. The lowest BCUT2D eigenvalue weighted by Crippen LogP contribution is -2.03. The molecule has 21 heavy (non-hydrogen) atoms. The van der Waals surface area contributed by atoms with E-state index in [0.717, 1.165) is 11.4 Å². The van der Waals surface area contributed by atoms with Gasteiger partial charge in [-0.25, -0.2) is 4.98 Å². The normalized spacial score (nSPS) is 10.8. The van der Waals surface area contributed by atoms with E-state index >= 15 is 0 Å². The van der Waals surface area contributed by atoms with Gasteiger partial charge in [-0.2, -0.15) is 15.0 Å².